The van der Waals surface area contributed by atoms with Crippen LogP contribution in [0.3, 0.4) is 0 Å². The molecule has 1 saturated heterocycles. The fraction of sp³-hybridized carbons (Fsp3) is 0.0769. The molecule has 1 aromatic carbocycles. The summed E-state index contributed by atoms with van der Waals surface area (Å²) < 4.78 is 0. The number of aryl methyl sites for hydroxylation is 1. The summed E-state index contributed by atoms with van der Waals surface area (Å²) in [4.78, 5) is 22.6. The topological polar surface area (TPSA) is 46.2 Å². The molecule has 17 heavy (non-hydrogen) atoms. The zero-order valence-electron chi connectivity index (χ0n) is 9.27. The third-order valence-corrected chi connectivity index (χ3v) is 3.05. The van der Waals surface area contributed by atoms with Crippen molar-refractivity contribution in [2.75, 3.05) is 0 Å². The van der Waals surface area contributed by atoms with E-state index in [0.717, 1.165) is 17.3 Å². The Hall–Kier alpha value is -1.81. The van der Waals surface area contributed by atoms with E-state index >= 15 is 0 Å². The second-order valence-corrected chi connectivity index (χ2v) is 4.66. The number of rotatable bonds is 2. The number of amides is 2. The number of imide groups is 1. The molecule has 86 valence electrons. The molecule has 4 heteroatoms. The SMILES string of the molecule is Cc1cccc(C=CC=C2SC(=O)NC2=O)c1. The van der Waals surface area contributed by atoms with Gasteiger partial charge >= 0.3 is 0 Å². The minimum Gasteiger partial charge on any atom is -0.282 e. The van der Waals surface area contributed by atoms with Gasteiger partial charge in [-0.2, -0.15) is 0 Å². The summed E-state index contributed by atoms with van der Waals surface area (Å²) in [6.07, 6.45) is 5.32. The van der Waals surface area contributed by atoms with E-state index in [1.54, 1.807) is 12.2 Å². The van der Waals surface area contributed by atoms with E-state index in [2.05, 4.69) is 5.32 Å². The van der Waals surface area contributed by atoms with Gasteiger partial charge in [0, 0.05) is 0 Å². The molecular weight excluding hydrogens is 234 g/mol. The van der Waals surface area contributed by atoms with Gasteiger partial charge in [-0.15, -0.1) is 0 Å². The van der Waals surface area contributed by atoms with Crippen molar-refractivity contribution in [1.82, 2.24) is 5.32 Å². The maximum atomic E-state index is 11.2. The molecule has 0 unspecified atom stereocenters. The summed E-state index contributed by atoms with van der Waals surface area (Å²) in [6, 6.07) is 8.02. The van der Waals surface area contributed by atoms with Gasteiger partial charge in [0.05, 0.1) is 4.91 Å². The smallest absolute Gasteiger partial charge is 0.282 e. The predicted octanol–water partition coefficient (Wildman–Crippen LogP) is 2.88. The van der Waals surface area contributed by atoms with Crippen LogP contribution >= 0.6 is 11.8 Å². The van der Waals surface area contributed by atoms with Crippen LogP contribution in [-0.2, 0) is 4.79 Å². The van der Waals surface area contributed by atoms with Gasteiger partial charge in [-0.1, -0.05) is 42.0 Å². The molecule has 1 heterocycles. The maximum absolute atomic E-state index is 11.2. The van der Waals surface area contributed by atoms with Crippen molar-refractivity contribution in [2.45, 2.75) is 6.92 Å². The summed E-state index contributed by atoms with van der Waals surface area (Å²) in [7, 11) is 0. The highest BCUT2D eigenvalue weighted by Crippen LogP contribution is 2.22. The summed E-state index contributed by atoms with van der Waals surface area (Å²) in [5.74, 6) is -0.325. The fourth-order valence-electron chi connectivity index (χ4n) is 1.46. The van der Waals surface area contributed by atoms with Crippen molar-refractivity contribution in [1.29, 1.82) is 0 Å². The predicted molar refractivity (Wildman–Crippen MR) is 69.4 cm³/mol. The summed E-state index contributed by atoms with van der Waals surface area (Å²) in [5, 5.41) is 1.89. The maximum Gasteiger partial charge on any atom is 0.290 e. The first-order valence-electron chi connectivity index (χ1n) is 5.13. The monoisotopic (exact) mass is 245 g/mol. The van der Waals surface area contributed by atoms with Gasteiger partial charge in [-0.05, 0) is 30.3 Å². The molecule has 0 saturated carbocycles. The zero-order valence-corrected chi connectivity index (χ0v) is 10.1. The molecule has 1 aromatic rings. The van der Waals surface area contributed by atoms with Crippen molar-refractivity contribution < 1.29 is 9.59 Å². The van der Waals surface area contributed by atoms with E-state index in [0.29, 0.717) is 4.91 Å². The second-order valence-electron chi connectivity index (χ2n) is 3.65. The van der Waals surface area contributed by atoms with Crippen LogP contribution in [-0.4, -0.2) is 11.1 Å². The molecule has 1 aliphatic rings. The van der Waals surface area contributed by atoms with E-state index in [1.165, 1.54) is 5.56 Å². The quantitative estimate of drug-likeness (QED) is 0.815. The highest BCUT2D eigenvalue weighted by atomic mass is 32.2. The molecule has 0 aromatic heterocycles. The average molecular weight is 245 g/mol. The molecular formula is C13H11NO2S. The molecule has 0 spiro atoms. The van der Waals surface area contributed by atoms with Crippen molar-refractivity contribution in [3.8, 4) is 0 Å². The Morgan fingerprint density at radius 1 is 1.29 bits per heavy atom. The first-order chi connectivity index (χ1) is 8.15. The number of thioether (sulfide) groups is 1. The van der Waals surface area contributed by atoms with Crippen LogP contribution in [0.5, 0.6) is 0 Å². The number of hydrogen-bond acceptors (Lipinski definition) is 3. The number of hydrogen-bond donors (Lipinski definition) is 1. The van der Waals surface area contributed by atoms with Crippen LogP contribution in [0, 0.1) is 6.92 Å². The Bertz CT molecular complexity index is 532. The van der Waals surface area contributed by atoms with Crippen LogP contribution in [0.25, 0.3) is 6.08 Å². The summed E-state index contributed by atoms with van der Waals surface area (Å²) in [6.45, 7) is 2.02. The highest BCUT2D eigenvalue weighted by Gasteiger charge is 2.24. The van der Waals surface area contributed by atoms with Crippen molar-refractivity contribution in [3.05, 3.63) is 52.4 Å². The van der Waals surface area contributed by atoms with Crippen LogP contribution in [0.4, 0.5) is 4.79 Å². The zero-order chi connectivity index (χ0) is 12.3. The lowest BCUT2D eigenvalue weighted by Gasteiger charge is -1.94. The van der Waals surface area contributed by atoms with Crippen molar-refractivity contribution in [3.63, 3.8) is 0 Å². The molecule has 0 atom stereocenters. The molecule has 3 nitrogen and oxygen atoms in total. The van der Waals surface area contributed by atoms with Crippen LogP contribution in [0.1, 0.15) is 11.1 Å². The Labute approximate surface area is 104 Å². The van der Waals surface area contributed by atoms with Crippen molar-refractivity contribution >= 4 is 29.0 Å². The van der Waals surface area contributed by atoms with Gasteiger partial charge in [0.25, 0.3) is 11.1 Å². The molecule has 0 radical (unpaired) electrons. The fourth-order valence-corrected chi connectivity index (χ4v) is 2.09. The van der Waals surface area contributed by atoms with E-state index < -0.39 is 0 Å². The normalized spacial score (nSPS) is 18.1. The summed E-state index contributed by atoms with van der Waals surface area (Å²) >= 11 is 0.922. The number of carbonyl (C=O) groups is 2. The third kappa shape index (κ3) is 3.07. The average Bonchev–Trinajstić information content (AvgIpc) is 2.58. The lowest BCUT2D eigenvalue weighted by Crippen LogP contribution is -2.17. The van der Waals surface area contributed by atoms with E-state index in [1.807, 2.05) is 37.3 Å². The van der Waals surface area contributed by atoms with E-state index in [4.69, 9.17) is 0 Å². The minimum atomic E-state index is -0.325. The lowest BCUT2D eigenvalue weighted by atomic mass is 10.1. The number of allylic oxidation sites excluding steroid dienone is 2. The van der Waals surface area contributed by atoms with Gasteiger partial charge in [0.2, 0.25) is 0 Å². The number of carbonyl (C=O) groups excluding carboxylic acids is 2. The van der Waals surface area contributed by atoms with E-state index in [-0.39, 0.29) is 11.1 Å². The van der Waals surface area contributed by atoms with Gasteiger partial charge in [0.15, 0.2) is 0 Å². The summed E-state index contributed by atoms with van der Waals surface area (Å²) in [5.41, 5.74) is 2.25. The second kappa shape index (κ2) is 5.01. The molecule has 2 rings (SSSR count). The highest BCUT2D eigenvalue weighted by molar-refractivity contribution is 8.18. The largest absolute Gasteiger partial charge is 0.290 e. The van der Waals surface area contributed by atoms with Crippen LogP contribution in [0.2, 0.25) is 0 Å². The molecule has 1 aliphatic heterocycles. The lowest BCUT2D eigenvalue weighted by molar-refractivity contribution is -0.115. The number of benzene rings is 1. The van der Waals surface area contributed by atoms with Gasteiger partial charge < -0.3 is 0 Å². The Balaban J connectivity index is 2.10. The minimum absolute atomic E-state index is 0.315. The molecule has 1 fully saturated rings. The number of nitrogens with one attached hydrogen (secondary N) is 1. The van der Waals surface area contributed by atoms with Crippen molar-refractivity contribution in [2.24, 2.45) is 0 Å². The molecule has 2 amide bonds. The Morgan fingerprint density at radius 2 is 2.12 bits per heavy atom. The van der Waals surface area contributed by atoms with Gasteiger partial charge in [-0.3, -0.25) is 14.9 Å². The van der Waals surface area contributed by atoms with Crippen LogP contribution in [0.15, 0.2) is 41.3 Å². The van der Waals surface area contributed by atoms with E-state index in [9.17, 15) is 9.59 Å². The van der Waals surface area contributed by atoms with Gasteiger partial charge in [0.1, 0.15) is 0 Å². The van der Waals surface area contributed by atoms with Gasteiger partial charge in [-0.25, -0.2) is 0 Å². The Kier molecular flexibility index (Phi) is 3.44. The van der Waals surface area contributed by atoms with Crippen LogP contribution < -0.4 is 5.32 Å². The molecule has 0 bridgehead atoms. The molecule has 0 aliphatic carbocycles. The third-order valence-electron chi connectivity index (χ3n) is 2.22. The standard InChI is InChI=1S/C13H11NO2S/c1-9-4-2-5-10(8-9)6-3-7-11-12(15)14-13(16)17-11/h2-8H,1H3,(H,14,15,16). The first kappa shape index (κ1) is 11.7. The molecule has 1 N–H and O–H groups in total. The Morgan fingerprint density at radius 3 is 2.76 bits per heavy atom. The first-order valence-corrected chi connectivity index (χ1v) is 5.95.